The van der Waals surface area contributed by atoms with E-state index in [1.807, 2.05) is 33.3 Å². The van der Waals surface area contributed by atoms with E-state index >= 15 is 0 Å². The van der Waals surface area contributed by atoms with E-state index < -0.39 is 38.6 Å². The van der Waals surface area contributed by atoms with Gasteiger partial charge in [0.15, 0.2) is 6.10 Å². The normalized spacial score (nSPS) is 14.7. The molecule has 2 unspecified atom stereocenters. The summed E-state index contributed by atoms with van der Waals surface area (Å²) < 4.78 is 34.2. The topological polar surface area (TPSA) is 129 Å². The number of carbonyl (C=O) groups is 2. The van der Waals surface area contributed by atoms with Crippen LogP contribution in [0.1, 0.15) is 162 Å². The molecule has 0 radical (unpaired) electrons. The molecule has 0 amide bonds. The second-order valence-electron chi connectivity index (χ2n) is 15.5. The van der Waals surface area contributed by atoms with Gasteiger partial charge in [0, 0.05) is 12.8 Å². The Bertz CT molecular complexity index is 1100. The molecule has 10 nitrogen and oxygen atoms in total. The van der Waals surface area contributed by atoms with Gasteiger partial charge in [-0.15, -0.1) is 0 Å². The van der Waals surface area contributed by atoms with Crippen LogP contribution in [0.2, 0.25) is 0 Å². The quantitative estimate of drug-likeness (QED) is 0.0157. The van der Waals surface area contributed by atoms with Crippen LogP contribution in [0.3, 0.4) is 0 Å². The third-order valence-corrected chi connectivity index (χ3v) is 9.93. The van der Waals surface area contributed by atoms with Crippen LogP contribution in [-0.4, -0.2) is 86.1 Å². The lowest BCUT2D eigenvalue weighted by molar-refractivity contribution is -0.870. The summed E-state index contributed by atoms with van der Waals surface area (Å²) in [5.74, 6) is -0.888. The summed E-state index contributed by atoms with van der Waals surface area (Å²) in [6.45, 7) is 4.15. The first-order chi connectivity index (χ1) is 26.4. The molecule has 0 aliphatic heterocycles. The molecule has 2 N–H and O–H groups in total. The molecule has 0 heterocycles. The number of nitrogens with zero attached hydrogens (tertiary/aromatic N) is 1. The summed E-state index contributed by atoms with van der Waals surface area (Å²) in [6, 6.07) is 0. The highest BCUT2D eigenvalue weighted by molar-refractivity contribution is 7.47. The Hall–Kier alpha value is -2.07. The number of likely N-dealkylation sites (N-methyl/N-ethyl adjacent to an activating group) is 1. The number of quaternary nitrogens is 1. The molecule has 11 heteroatoms. The van der Waals surface area contributed by atoms with Crippen LogP contribution >= 0.6 is 7.82 Å². The van der Waals surface area contributed by atoms with E-state index in [0.717, 1.165) is 70.6 Å². The standard InChI is InChI=1S/C44H80NO9P/c1-6-8-10-12-14-15-16-17-18-19-20-21-23-27-31-35-43(47)51-39-42(40-53-55(49,50)52-38-37-45(3,4)5)54-44(48)36-32-28-24-26-30-34-41(46)33-29-25-22-13-11-9-7-2/h9,11,17-18,22,25,29,33,41-42,46H,6-8,10,12-16,19-21,23-24,26-28,30-32,34-40H2,1-5H3/p+1/b11-9+,18-17-,25-22+,33-29+/t41?,42-/m1/s1. The number of hydrogen-bond acceptors (Lipinski definition) is 8. The molecular weight excluding hydrogens is 717 g/mol. The van der Waals surface area contributed by atoms with Crippen molar-refractivity contribution in [1.29, 1.82) is 0 Å². The molecule has 55 heavy (non-hydrogen) atoms. The summed E-state index contributed by atoms with van der Waals surface area (Å²) in [6.07, 6.45) is 37.5. The lowest BCUT2D eigenvalue weighted by atomic mass is 10.1. The Kier molecular flexibility index (Phi) is 34.9. The van der Waals surface area contributed by atoms with Crippen LogP contribution in [0.15, 0.2) is 48.6 Å². The zero-order valence-corrected chi connectivity index (χ0v) is 36.4. The smallest absolute Gasteiger partial charge is 0.462 e. The van der Waals surface area contributed by atoms with Crippen molar-refractivity contribution in [2.45, 2.75) is 174 Å². The van der Waals surface area contributed by atoms with E-state index in [0.29, 0.717) is 30.3 Å². The molecular formula is C44H81NO9P+. The number of rotatable bonds is 38. The summed E-state index contributed by atoms with van der Waals surface area (Å²) in [5.41, 5.74) is 0. The average molecular weight is 799 g/mol. The molecule has 0 rings (SSSR count). The predicted octanol–water partition coefficient (Wildman–Crippen LogP) is 10.9. The van der Waals surface area contributed by atoms with E-state index in [9.17, 15) is 24.2 Å². The number of aliphatic hydroxyl groups excluding tert-OH is 1. The highest BCUT2D eigenvalue weighted by Crippen LogP contribution is 2.43. The highest BCUT2D eigenvalue weighted by atomic mass is 31.2. The molecule has 0 aliphatic rings. The van der Waals surface area contributed by atoms with Gasteiger partial charge in [-0.2, -0.15) is 0 Å². The van der Waals surface area contributed by atoms with Crippen molar-refractivity contribution in [3.63, 3.8) is 0 Å². The van der Waals surface area contributed by atoms with Gasteiger partial charge in [0.1, 0.15) is 19.8 Å². The second-order valence-corrected chi connectivity index (χ2v) is 17.0. The van der Waals surface area contributed by atoms with E-state index in [1.165, 1.54) is 44.9 Å². The second kappa shape index (κ2) is 36.3. The van der Waals surface area contributed by atoms with Crippen LogP contribution in [0.5, 0.6) is 0 Å². The van der Waals surface area contributed by atoms with Crippen molar-refractivity contribution in [2.24, 2.45) is 0 Å². The lowest BCUT2D eigenvalue weighted by Gasteiger charge is -2.24. The number of unbranched alkanes of at least 4 members (excludes halogenated alkanes) is 15. The van der Waals surface area contributed by atoms with Gasteiger partial charge in [0.05, 0.1) is 33.9 Å². The number of allylic oxidation sites excluding steroid dienone is 7. The molecule has 0 bridgehead atoms. The minimum atomic E-state index is -4.40. The molecule has 0 saturated carbocycles. The minimum Gasteiger partial charge on any atom is -0.462 e. The first-order valence-electron chi connectivity index (χ1n) is 21.5. The van der Waals surface area contributed by atoms with Gasteiger partial charge in [0.25, 0.3) is 0 Å². The van der Waals surface area contributed by atoms with Crippen molar-refractivity contribution in [3.8, 4) is 0 Å². The number of hydrogen-bond donors (Lipinski definition) is 2. The fourth-order valence-electron chi connectivity index (χ4n) is 5.54. The average Bonchev–Trinajstić information content (AvgIpc) is 3.12. The Morgan fingerprint density at radius 3 is 1.87 bits per heavy atom. The van der Waals surface area contributed by atoms with Crippen LogP contribution in [-0.2, 0) is 32.7 Å². The van der Waals surface area contributed by atoms with Crippen molar-refractivity contribution in [2.75, 3.05) is 47.5 Å². The summed E-state index contributed by atoms with van der Waals surface area (Å²) >= 11 is 0. The van der Waals surface area contributed by atoms with Crippen molar-refractivity contribution in [1.82, 2.24) is 0 Å². The zero-order chi connectivity index (χ0) is 40.9. The van der Waals surface area contributed by atoms with Gasteiger partial charge < -0.3 is 24.0 Å². The zero-order valence-electron chi connectivity index (χ0n) is 35.5. The number of carbonyl (C=O) groups excluding carboxylic acids is 2. The summed E-state index contributed by atoms with van der Waals surface area (Å²) in [4.78, 5) is 35.3. The Morgan fingerprint density at radius 2 is 1.25 bits per heavy atom. The number of phosphoric ester groups is 1. The Morgan fingerprint density at radius 1 is 0.673 bits per heavy atom. The van der Waals surface area contributed by atoms with Crippen molar-refractivity contribution in [3.05, 3.63) is 48.6 Å². The molecule has 0 aliphatic carbocycles. The number of esters is 2. The fraction of sp³-hybridized carbons (Fsp3) is 0.773. The molecule has 3 atom stereocenters. The maximum absolute atomic E-state index is 12.7. The Balaban J connectivity index is 4.48. The van der Waals surface area contributed by atoms with E-state index in [-0.39, 0.29) is 26.1 Å². The third kappa shape index (κ3) is 39.9. The molecule has 0 fully saturated rings. The van der Waals surface area contributed by atoms with Gasteiger partial charge >= 0.3 is 19.8 Å². The maximum Gasteiger partial charge on any atom is 0.472 e. The van der Waals surface area contributed by atoms with Crippen molar-refractivity contribution < 1.29 is 47.2 Å². The highest BCUT2D eigenvalue weighted by Gasteiger charge is 2.27. The Labute approximate surface area is 336 Å². The van der Waals surface area contributed by atoms with Gasteiger partial charge in [0.2, 0.25) is 0 Å². The monoisotopic (exact) mass is 799 g/mol. The number of aliphatic hydroxyl groups is 1. The number of phosphoric acid groups is 1. The van der Waals surface area contributed by atoms with Crippen LogP contribution in [0, 0.1) is 0 Å². The van der Waals surface area contributed by atoms with Crippen LogP contribution in [0.25, 0.3) is 0 Å². The summed E-state index contributed by atoms with van der Waals surface area (Å²) in [7, 11) is 1.40. The maximum atomic E-state index is 12.7. The van der Waals surface area contributed by atoms with Crippen molar-refractivity contribution >= 4 is 19.8 Å². The summed E-state index contributed by atoms with van der Waals surface area (Å²) in [5, 5.41) is 10.2. The van der Waals surface area contributed by atoms with Crippen LogP contribution < -0.4 is 0 Å². The molecule has 0 saturated heterocycles. The van der Waals surface area contributed by atoms with E-state index in [1.54, 1.807) is 6.08 Å². The van der Waals surface area contributed by atoms with Gasteiger partial charge in [-0.3, -0.25) is 18.6 Å². The molecule has 0 aromatic heterocycles. The van der Waals surface area contributed by atoms with Gasteiger partial charge in [-0.05, 0) is 57.8 Å². The predicted molar refractivity (Wildman–Crippen MR) is 226 cm³/mol. The molecule has 0 aromatic carbocycles. The third-order valence-electron chi connectivity index (χ3n) is 8.95. The van der Waals surface area contributed by atoms with Gasteiger partial charge in [-0.25, -0.2) is 4.57 Å². The van der Waals surface area contributed by atoms with Gasteiger partial charge in [-0.1, -0.05) is 140 Å². The van der Waals surface area contributed by atoms with E-state index in [2.05, 4.69) is 44.2 Å². The number of ether oxygens (including phenoxy) is 2. The molecule has 0 aromatic rings. The first-order valence-corrected chi connectivity index (χ1v) is 23.0. The van der Waals surface area contributed by atoms with E-state index in [4.69, 9.17) is 18.5 Å². The molecule has 0 spiro atoms. The SMILES string of the molecule is CC/C=C/C/C=C/C=C/C(O)CCCCCCCC(=O)O[C@H](COC(=O)CCCCCCC/C=C\CCCCCCCC)COP(=O)(O)OCC[N+](C)(C)C. The largest absolute Gasteiger partial charge is 0.472 e. The first kappa shape index (κ1) is 52.9. The molecule has 320 valence electrons. The fourth-order valence-corrected chi connectivity index (χ4v) is 6.29. The minimum absolute atomic E-state index is 0.0108. The van der Waals surface area contributed by atoms with Crippen LogP contribution in [0.4, 0.5) is 0 Å². The lowest BCUT2D eigenvalue weighted by Crippen LogP contribution is -2.37.